The molecule has 4 rings (SSSR count). The number of carbonyl (C=O) groups is 2. The van der Waals surface area contributed by atoms with Crippen molar-refractivity contribution >= 4 is 29.5 Å². The summed E-state index contributed by atoms with van der Waals surface area (Å²) in [5.41, 5.74) is 3.52. The monoisotopic (exact) mass is 490 g/mol. The van der Waals surface area contributed by atoms with Crippen LogP contribution in [-0.4, -0.2) is 45.9 Å². The summed E-state index contributed by atoms with van der Waals surface area (Å²) in [5, 5.41) is 9.37. The molecule has 0 bridgehead atoms. The molecule has 0 spiro atoms. The third kappa shape index (κ3) is 6.37. The first kappa shape index (κ1) is 25.1. The maximum Gasteiger partial charge on any atom is 0.240 e. The Labute approximate surface area is 210 Å². The van der Waals surface area contributed by atoms with E-state index in [1.165, 1.54) is 19.1 Å². The number of nitrogens with zero attached hydrogens (tertiary/aromatic N) is 3. The second kappa shape index (κ2) is 11.6. The summed E-state index contributed by atoms with van der Waals surface area (Å²) in [6, 6.07) is 14.3. The second-order valence-electron chi connectivity index (χ2n) is 8.78. The maximum absolute atomic E-state index is 13.6. The van der Waals surface area contributed by atoms with Crippen LogP contribution >= 0.6 is 0 Å². The van der Waals surface area contributed by atoms with Gasteiger partial charge < -0.3 is 20.9 Å². The number of imidazole rings is 1. The van der Waals surface area contributed by atoms with Gasteiger partial charge in [0.2, 0.25) is 11.8 Å². The number of benzene rings is 2. The largest absolute Gasteiger partial charge is 0.356 e. The molecule has 0 atom stereocenters. The molecule has 0 fully saturated rings. The quantitative estimate of drug-likeness (QED) is 0.374. The van der Waals surface area contributed by atoms with Gasteiger partial charge in [0, 0.05) is 37.1 Å². The Bertz CT molecular complexity index is 1230. The Balaban J connectivity index is 1.45. The van der Waals surface area contributed by atoms with Gasteiger partial charge in [0.1, 0.15) is 23.2 Å². The van der Waals surface area contributed by atoms with Crippen molar-refractivity contribution in [3.63, 3.8) is 0 Å². The van der Waals surface area contributed by atoms with Gasteiger partial charge in [-0.3, -0.25) is 14.2 Å². The highest BCUT2D eigenvalue weighted by Crippen LogP contribution is 2.33. The fourth-order valence-corrected chi connectivity index (χ4v) is 3.91. The van der Waals surface area contributed by atoms with E-state index in [1.54, 1.807) is 23.2 Å². The van der Waals surface area contributed by atoms with Gasteiger partial charge in [-0.05, 0) is 62.7 Å². The summed E-state index contributed by atoms with van der Waals surface area (Å²) < 4.78 is 15.5. The molecule has 1 aliphatic heterocycles. The average Bonchev–Trinajstić information content (AvgIpc) is 3.22. The van der Waals surface area contributed by atoms with Gasteiger partial charge in [-0.15, -0.1) is 0 Å². The summed E-state index contributed by atoms with van der Waals surface area (Å²) in [6.07, 6.45) is 5.29. The fraction of sp³-hybridized carbons (Fsp3) is 0.296. The van der Waals surface area contributed by atoms with Crippen LogP contribution in [0.5, 0.6) is 0 Å². The molecule has 0 saturated heterocycles. The Morgan fingerprint density at radius 3 is 2.44 bits per heavy atom. The van der Waals surface area contributed by atoms with E-state index in [9.17, 15) is 14.0 Å². The van der Waals surface area contributed by atoms with Crippen molar-refractivity contribution in [2.75, 3.05) is 25.0 Å². The Kier molecular flexibility index (Phi) is 8.12. The van der Waals surface area contributed by atoms with Gasteiger partial charge in [-0.2, -0.15) is 0 Å². The number of hydrogen-bond acceptors (Lipinski definition) is 5. The molecule has 0 radical (unpaired) electrons. The van der Waals surface area contributed by atoms with Crippen LogP contribution in [0.2, 0.25) is 0 Å². The maximum atomic E-state index is 13.6. The zero-order valence-electron chi connectivity index (χ0n) is 20.6. The summed E-state index contributed by atoms with van der Waals surface area (Å²) in [7, 11) is 0. The third-order valence-corrected chi connectivity index (χ3v) is 5.87. The number of halogens is 1. The van der Waals surface area contributed by atoms with E-state index >= 15 is 0 Å². The summed E-state index contributed by atoms with van der Waals surface area (Å²) in [6.45, 7) is 5.39. The first-order chi connectivity index (χ1) is 17.4. The minimum Gasteiger partial charge on any atom is -0.356 e. The lowest BCUT2D eigenvalue weighted by Gasteiger charge is -2.23. The van der Waals surface area contributed by atoms with Gasteiger partial charge >= 0.3 is 0 Å². The van der Waals surface area contributed by atoms with E-state index in [4.69, 9.17) is 4.98 Å². The number of nitrogens with one attached hydrogen (secondary N) is 3. The van der Waals surface area contributed by atoms with E-state index in [2.05, 4.69) is 16.0 Å². The summed E-state index contributed by atoms with van der Waals surface area (Å²) in [4.78, 5) is 30.1. The van der Waals surface area contributed by atoms with Crippen LogP contribution in [0.15, 0.2) is 54.7 Å². The molecule has 2 amide bonds. The van der Waals surface area contributed by atoms with Gasteiger partial charge in [0.25, 0.3) is 0 Å². The van der Waals surface area contributed by atoms with E-state index in [-0.39, 0.29) is 24.2 Å². The van der Waals surface area contributed by atoms with Crippen LogP contribution in [0.25, 0.3) is 17.5 Å². The third-order valence-electron chi connectivity index (χ3n) is 5.87. The van der Waals surface area contributed by atoms with Gasteiger partial charge in [-0.25, -0.2) is 9.37 Å². The SMILES string of the molecule is CC(=O)NCCCCNCC(=O)N1C=Cn2c(nc(-c3ccc(F)cc3)c2Nc2ccc(C)cc2)C1. The molecule has 188 valence electrons. The minimum atomic E-state index is -0.310. The first-order valence-corrected chi connectivity index (χ1v) is 12.0. The zero-order valence-corrected chi connectivity index (χ0v) is 20.6. The number of aryl methyl sites for hydroxylation is 1. The van der Waals surface area contributed by atoms with Crippen LogP contribution in [0.3, 0.4) is 0 Å². The van der Waals surface area contributed by atoms with Crippen molar-refractivity contribution in [1.82, 2.24) is 25.1 Å². The highest BCUT2D eigenvalue weighted by Gasteiger charge is 2.24. The molecular weight excluding hydrogens is 459 g/mol. The number of anilines is 2. The number of hydrogen-bond donors (Lipinski definition) is 3. The average molecular weight is 491 g/mol. The first-order valence-electron chi connectivity index (χ1n) is 12.0. The topological polar surface area (TPSA) is 91.3 Å². The fourth-order valence-electron chi connectivity index (χ4n) is 3.91. The van der Waals surface area contributed by atoms with Gasteiger partial charge in [0.05, 0.1) is 13.1 Å². The molecule has 0 unspecified atom stereocenters. The summed E-state index contributed by atoms with van der Waals surface area (Å²) in [5.74, 6) is 1.05. The number of fused-ring (bicyclic) bond motifs is 1. The Hall–Kier alpha value is -3.98. The highest BCUT2D eigenvalue weighted by molar-refractivity contribution is 5.82. The van der Waals surface area contributed by atoms with Crippen LogP contribution in [-0.2, 0) is 16.1 Å². The molecule has 3 aromatic rings. The van der Waals surface area contributed by atoms with Crippen LogP contribution in [0, 0.1) is 12.7 Å². The second-order valence-corrected chi connectivity index (χ2v) is 8.78. The highest BCUT2D eigenvalue weighted by atomic mass is 19.1. The van der Waals surface area contributed by atoms with Crippen molar-refractivity contribution in [2.24, 2.45) is 0 Å². The lowest BCUT2D eigenvalue weighted by atomic mass is 10.1. The molecular formula is C27H31FN6O2. The van der Waals surface area contributed by atoms with Crippen molar-refractivity contribution in [3.05, 3.63) is 71.9 Å². The van der Waals surface area contributed by atoms with Crippen molar-refractivity contribution in [3.8, 4) is 11.3 Å². The Morgan fingerprint density at radius 1 is 1.00 bits per heavy atom. The van der Waals surface area contributed by atoms with Crippen LogP contribution < -0.4 is 16.0 Å². The Morgan fingerprint density at radius 2 is 1.72 bits per heavy atom. The molecule has 1 aromatic heterocycles. The molecule has 9 heteroatoms. The van der Waals surface area contributed by atoms with Crippen molar-refractivity contribution in [1.29, 1.82) is 0 Å². The molecule has 0 saturated carbocycles. The normalized spacial score (nSPS) is 12.4. The predicted molar refractivity (Wildman–Crippen MR) is 139 cm³/mol. The van der Waals surface area contributed by atoms with Crippen molar-refractivity contribution in [2.45, 2.75) is 33.2 Å². The summed E-state index contributed by atoms with van der Waals surface area (Å²) >= 11 is 0. The lowest BCUT2D eigenvalue weighted by molar-refractivity contribution is -0.128. The molecule has 2 aromatic carbocycles. The van der Waals surface area contributed by atoms with Gasteiger partial charge in [-0.1, -0.05) is 17.7 Å². The molecule has 8 nitrogen and oxygen atoms in total. The van der Waals surface area contributed by atoms with Crippen LogP contribution in [0.4, 0.5) is 15.9 Å². The standard InChI is InChI=1S/C27H31FN6O2/c1-19-5-11-23(12-6-19)31-27-26(21-7-9-22(28)10-8-21)32-24-18-33(15-16-34(24)27)25(36)17-29-13-3-4-14-30-20(2)35/h5-12,15-16,29,31H,3-4,13-14,17-18H2,1-2H3,(H,30,35). The number of unbranched alkanes of at least 4 members (excludes halogenated alkanes) is 1. The molecule has 2 heterocycles. The lowest BCUT2D eigenvalue weighted by Crippen LogP contribution is -2.36. The zero-order chi connectivity index (χ0) is 25.5. The van der Waals surface area contributed by atoms with E-state index < -0.39 is 0 Å². The number of amides is 2. The van der Waals surface area contributed by atoms with E-state index in [1.807, 2.05) is 42.0 Å². The van der Waals surface area contributed by atoms with Crippen molar-refractivity contribution < 1.29 is 14.0 Å². The molecule has 1 aliphatic rings. The van der Waals surface area contributed by atoms with E-state index in [0.29, 0.717) is 31.2 Å². The number of rotatable bonds is 10. The predicted octanol–water partition coefficient (Wildman–Crippen LogP) is 4.02. The number of aromatic nitrogens is 2. The molecule has 36 heavy (non-hydrogen) atoms. The minimum absolute atomic E-state index is 0.0341. The molecule has 3 N–H and O–H groups in total. The number of carbonyl (C=O) groups excluding carboxylic acids is 2. The van der Waals surface area contributed by atoms with Gasteiger partial charge in [0.15, 0.2) is 0 Å². The van der Waals surface area contributed by atoms with E-state index in [0.717, 1.165) is 35.5 Å². The smallest absolute Gasteiger partial charge is 0.240 e. The molecule has 0 aliphatic carbocycles. The van der Waals surface area contributed by atoms with Crippen LogP contribution in [0.1, 0.15) is 31.2 Å².